The molecule has 1 nitrogen and oxygen atoms in total. The van der Waals surface area contributed by atoms with E-state index in [1.807, 2.05) is 0 Å². The van der Waals surface area contributed by atoms with Crippen LogP contribution in [-0.4, -0.2) is 13.1 Å². The third-order valence-corrected chi connectivity index (χ3v) is 5.45. The summed E-state index contributed by atoms with van der Waals surface area (Å²) in [6.07, 6.45) is 28.6. The Kier molecular flexibility index (Phi) is 28.1. The van der Waals surface area contributed by atoms with Gasteiger partial charge in [0.1, 0.15) is 0 Å². The van der Waals surface area contributed by atoms with E-state index >= 15 is 0 Å². The third kappa shape index (κ3) is 28.3. The zero-order chi connectivity index (χ0) is 19.1. The number of hydrogen-bond donors (Lipinski definition) is 1. The Hall–Kier alpha value is -0.0100. The summed E-state index contributed by atoms with van der Waals surface area (Å²) in [5, 5.41) is 2.44. The molecule has 0 aliphatic carbocycles. The van der Waals surface area contributed by atoms with E-state index in [0.717, 1.165) is 0 Å². The minimum Gasteiger partial charge on any atom is -1.00 e. The Labute approximate surface area is 179 Å². The van der Waals surface area contributed by atoms with Gasteiger partial charge < -0.3 is 17.7 Å². The zero-order valence-corrected chi connectivity index (χ0v) is 19.9. The van der Waals surface area contributed by atoms with E-state index in [-0.39, 0.29) is 12.4 Å². The van der Waals surface area contributed by atoms with Crippen LogP contribution in [0.15, 0.2) is 11.6 Å². The van der Waals surface area contributed by atoms with Crippen molar-refractivity contribution in [3.05, 3.63) is 11.6 Å². The zero-order valence-electron chi connectivity index (χ0n) is 19.2. The van der Waals surface area contributed by atoms with E-state index in [0.29, 0.717) is 0 Å². The normalized spacial score (nSPS) is 10.6. The number of allylic oxidation sites excluding steroid dienone is 1. The summed E-state index contributed by atoms with van der Waals surface area (Å²) in [7, 11) is 0. The SMILES string of the molecule is CCCCCCCCCCCCCCCCCCCC[NH2+]CC=C(C)C.[Cl-]. The minimum atomic E-state index is 0. The first kappa shape index (κ1) is 29.2. The maximum Gasteiger partial charge on any atom is 0.0944 e. The number of halogens is 1. The molecule has 0 atom stereocenters. The van der Waals surface area contributed by atoms with Crippen LogP contribution in [0.5, 0.6) is 0 Å². The van der Waals surface area contributed by atoms with Gasteiger partial charge in [0, 0.05) is 0 Å². The predicted octanol–water partition coefficient (Wildman–Crippen LogP) is 4.56. The van der Waals surface area contributed by atoms with Crippen LogP contribution in [0.25, 0.3) is 0 Å². The molecule has 0 aromatic heterocycles. The van der Waals surface area contributed by atoms with Crippen molar-refractivity contribution in [3.8, 4) is 0 Å². The Morgan fingerprint density at radius 2 is 0.889 bits per heavy atom. The highest BCUT2D eigenvalue weighted by atomic mass is 35.5. The molecule has 0 aromatic carbocycles. The second-order valence-corrected chi connectivity index (χ2v) is 8.60. The fourth-order valence-electron chi connectivity index (χ4n) is 3.63. The average molecular weight is 402 g/mol. The standard InChI is InChI=1S/C25H51N.ClH/c1-4-5-6-7-8-9-10-11-12-13-14-15-16-17-18-19-20-21-23-26-24-22-25(2)3;/h22,26H,4-21,23-24H2,1-3H3;1H. The van der Waals surface area contributed by atoms with Gasteiger partial charge in [-0.05, 0) is 32.8 Å². The summed E-state index contributed by atoms with van der Waals surface area (Å²) < 4.78 is 0. The van der Waals surface area contributed by atoms with Crippen molar-refractivity contribution in [2.45, 2.75) is 136 Å². The van der Waals surface area contributed by atoms with Crippen molar-refractivity contribution < 1.29 is 17.7 Å². The van der Waals surface area contributed by atoms with Crippen molar-refractivity contribution in [2.24, 2.45) is 0 Å². The minimum absolute atomic E-state index is 0. The highest BCUT2D eigenvalue weighted by molar-refractivity contribution is 4.91. The Morgan fingerprint density at radius 1 is 0.556 bits per heavy atom. The molecule has 0 fully saturated rings. The van der Waals surface area contributed by atoms with E-state index in [4.69, 9.17) is 0 Å². The highest BCUT2D eigenvalue weighted by Crippen LogP contribution is 2.14. The lowest BCUT2D eigenvalue weighted by molar-refractivity contribution is -0.646. The van der Waals surface area contributed by atoms with Crippen molar-refractivity contribution in [1.82, 2.24) is 0 Å². The summed E-state index contributed by atoms with van der Waals surface area (Å²) >= 11 is 0. The monoisotopic (exact) mass is 401 g/mol. The van der Waals surface area contributed by atoms with Crippen LogP contribution in [0.4, 0.5) is 0 Å². The number of quaternary nitrogens is 1. The Morgan fingerprint density at radius 3 is 1.22 bits per heavy atom. The molecule has 0 aliphatic heterocycles. The van der Waals surface area contributed by atoms with Crippen LogP contribution in [0.2, 0.25) is 0 Å². The molecule has 0 saturated heterocycles. The molecule has 0 spiro atoms. The van der Waals surface area contributed by atoms with E-state index in [1.165, 1.54) is 134 Å². The molecule has 0 unspecified atom stereocenters. The molecule has 0 aromatic rings. The smallest absolute Gasteiger partial charge is 0.0944 e. The Bertz CT molecular complexity index is 284. The fourth-order valence-corrected chi connectivity index (χ4v) is 3.63. The maximum atomic E-state index is 2.44. The molecule has 0 radical (unpaired) electrons. The van der Waals surface area contributed by atoms with Gasteiger partial charge in [0.05, 0.1) is 13.1 Å². The van der Waals surface area contributed by atoms with Gasteiger partial charge in [-0.2, -0.15) is 0 Å². The first-order valence-corrected chi connectivity index (χ1v) is 12.2. The largest absolute Gasteiger partial charge is 1.00 e. The van der Waals surface area contributed by atoms with Crippen LogP contribution < -0.4 is 17.7 Å². The quantitative estimate of drug-likeness (QED) is 0.214. The van der Waals surface area contributed by atoms with Gasteiger partial charge in [0.25, 0.3) is 0 Å². The summed E-state index contributed by atoms with van der Waals surface area (Å²) in [6, 6.07) is 0. The summed E-state index contributed by atoms with van der Waals surface area (Å²) in [5.74, 6) is 0. The number of rotatable bonds is 21. The van der Waals surface area contributed by atoms with Crippen molar-refractivity contribution >= 4 is 0 Å². The number of hydrogen-bond acceptors (Lipinski definition) is 0. The molecule has 0 bridgehead atoms. The third-order valence-electron chi connectivity index (χ3n) is 5.45. The van der Waals surface area contributed by atoms with Gasteiger partial charge in [-0.25, -0.2) is 0 Å². The van der Waals surface area contributed by atoms with Gasteiger partial charge >= 0.3 is 0 Å². The van der Waals surface area contributed by atoms with Crippen LogP contribution in [0.3, 0.4) is 0 Å². The topological polar surface area (TPSA) is 16.6 Å². The molecule has 0 aliphatic rings. The van der Waals surface area contributed by atoms with Gasteiger partial charge in [0.15, 0.2) is 0 Å². The number of unbranched alkanes of at least 4 members (excludes halogenated alkanes) is 17. The molecule has 2 N–H and O–H groups in total. The molecule has 2 heteroatoms. The van der Waals surface area contributed by atoms with Crippen molar-refractivity contribution in [3.63, 3.8) is 0 Å². The van der Waals surface area contributed by atoms with Gasteiger partial charge in [-0.15, -0.1) is 0 Å². The van der Waals surface area contributed by atoms with E-state index in [2.05, 4.69) is 32.2 Å². The van der Waals surface area contributed by atoms with Gasteiger partial charge in [0.2, 0.25) is 0 Å². The first-order chi connectivity index (χ1) is 12.8. The van der Waals surface area contributed by atoms with Crippen LogP contribution in [0.1, 0.15) is 136 Å². The molecule has 0 amide bonds. The molecular weight excluding hydrogens is 350 g/mol. The second-order valence-electron chi connectivity index (χ2n) is 8.60. The molecule has 27 heavy (non-hydrogen) atoms. The predicted molar refractivity (Wildman–Crippen MR) is 120 cm³/mol. The molecular formula is C25H52ClN. The highest BCUT2D eigenvalue weighted by Gasteiger charge is 1.95. The fraction of sp³-hybridized carbons (Fsp3) is 0.920. The lowest BCUT2D eigenvalue weighted by atomic mass is 10.0. The molecule has 164 valence electrons. The summed E-state index contributed by atoms with van der Waals surface area (Å²) in [6.45, 7) is 9.15. The number of nitrogens with two attached hydrogens (primary N) is 1. The maximum absolute atomic E-state index is 2.44. The lowest BCUT2D eigenvalue weighted by Gasteiger charge is -2.04. The molecule has 0 heterocycles. The van der Waals surface area contributed by atoms with Crippen LogP contribution >= 0.6 is 0 Å². The first-order valence-electron chi connectivity index (χ1n) is 12.2. The summed E-state index contributed by atoms with van der Waals surface area (Å²) in [5.41, 5.74) is 1.44. The van der Waals surface area contributed by atoms with Crippen LogP contribution in [0, 0.1) is 0 Å². The van der Waals surface area contributed by atoms with E-state index in [9.17, 15) is 0 Å². The summed E-state index contributed by atoms with van der Waals surface area (Å²) in [4.78, 5) is 0. The van der Waals surface area contributed by atoms with E-state index in [1.54, 1.807) is 0 Å². The van der Waals surface area contributed by atoms with E-state index < -0.39 is 0 Å². The molecule has 0 saturated carbocycles. The van der Waals surface area contributed by atoms with Crippen molar-refractivity contribution in [1.29, 1.82) is 0 Å². The Balaban J connectivity index is 0. The average Bonchev–Trinajstić information content (AvgIpc) is 2.62. The second kappa shape index (κ2) is 26.0. The molecule has 0 rings (SSSR count). The van der Waals surface area contributed by atoms with Gasteiger partial charge in [-0.3, -0.25) is 0 Å². The van der Waals surface area contributed by atoms with Crippen LogP contribution in [-0.2, 0) is 0 Å². The van der Waals surface area contributed by atoms with Crippen molar-refractivity contribution in [2.75, 3.05) is 13.1 Å². The van der Waals surface area contributed by atoms with Gasteiger partial charge in [-0.1, -0.05) is 115 Å². The lowest BCUT2D eigenvalue weighted by Crippen LogP contribution is -3.00.